The number of aryl methyl sites for hydroxylation is 1. The molecule has 2 nitrogen and oxygen atoms in total. The lowest BCUT2D eigenvalue weighted by atomic mass is 10.0. The fourth-order valence-corrected chi connectivity index (χ4v) is 3.31. The third-order valence-corrected chi connectivity index (χ3v) is 5.09. The number of pyridine rings is 1. The Kier molecular flexibility index (Phi) is 5.87. The monoisotopic (exact) mass is 409 g/mol. The third-order valence-electron chi connectivity index (χ3n) is 4.83. The van der Waals surface area contributed by atoms with Crippen molar-refractivity contribution in [1.82, 2.24) is 4.98 Å². The maximum atomic E-state index is 12.5. The Bertz CT molecular complexity index is 1250. The zero-order valence-electron chi connectivity index (χ0n) is 16.5. The maximum Gasteiger partial charge on any atom is 0.185 e. The average Bonchev–Trinajstić information content (AvgIpc) is 2.77. The molecular weight excluding hydrogens is 390 g/mol. The lowest BCUT2D eigenvalue weighted by Gasteiger charge is -2.05. The number of aromatic nitrogens is 1. The molecule has 0 amide bonds. The molecule has 30 heavy (non-hydrogen) atoms. The van der Waals surface area contributed by atoms with Crippen molar-refractivity contribution in [3.05, 3.63) is 118 Å². The van der Waals surface area contributed by atoms with Crippen molar-refractivity contribution in [3.8, 4) is 0 Å². The fraction of sp³-hybridized carbons (Fsp3) is 0.0370. The van der Waals surface area contributed by atoms with Crippen LogP contribution in [0.3, 0.4) is 0 Å². The van der Waals surface area contributed by atoms with Crippen LogP contribution in [0.4, 0.5) is 0 Å². The van der Waals surface area contributed by atoms with Gasteiger partial charge in [-0.25, -0.2) is 4.98 Å². The van der Waals surface area contributed by atoms with E-state index >= 15 is 0 Å². The number of benzene rings is 3. The van der Waals surface area contributed by atoms with Crippen LogP contribution in [0.25, 0.3) is 29.1 Å². The summed E-state index contributed by atoms with van der Waals surface area (Å²) < 4.78 is 0. The van der Waals surface area contributed by atoms with Crippen LogP contribution in [-0.4, -0.2) is 10.8 Å². The molecule has 146 valence electrons. The summed E-state index contributed by atoms with van der Waals surface area (Å²) >= 11 is 5.97. The predicted octanol–water partition coefficient (Wildman–Crippen LogP) is 7.26. The molecule has 1 aromatic heterocycles. The summed E-state index contributed by atoms with van der Waals surface area (Å²) in [4.78, 5) is 17.2. The molecule has 4 aromatic rings. The van der Waals surface area contributed by atoms with Crippen molar-refractivity contribution < 1.29 is 4.79 Å². The van der Waals surface area contributed by atoms with Gasteiger partial charge in [0.1, 0.15) is 0 Å². The van der Waals surface area contributed by atoms with Crippen LogP contribution in [0.5, 0.6) is 0 Å². The van der Waals surface area contributed by atoms with E-state index in [1.165, 1.54) is 0 Å². The number of nitrogens with zero attached hydrogens (tertiary/aromatic N) is 1. The van der Waals surface area contributed by atoms with E-state index in [0.29, 0.717) is 10.6 Å². The number of carbonyl (C=O) groups is 1. The lowest BCUT2D eigenvalue weighted by Crippen LogP contribution is -1.94. The standard InChI is InChI=1S/C27H20ClNO/c1-19-6-11-21(12-7-19)27(30)17-16-24-18-22(25-4-2-3-5-26(25)29-24)13-8-20-9-14-23(28)15-10-20/h2-18H,1H3/b13-8+,17-16+. The molecule has 0 saturated heterocycles. The van der Waals surface area contributed by atoms with Crippen molar-refractivity contribution >= 4 is 46.5 Å². The summed E-state index contributed by atoms with van der Waals surface area (Å²) in [7, 11) is 0. The van der Waals surface area contributed by atoms with Gasteiger partial charge in [0.05, 0.1) is 11.2 Å². The Morgan fingerprint density at radius 2 is 1.60 bits per heavy atom. The van der Waals surface area contributed by atoms with E-state index in [1.54, 1.807) is 12.2 Å². The van der Waals surface area contributed by atoms with E-state index < -0.39 is 0 Å². The predicted molar refractivity (Wildman–Crippen MR) is 127 cm³/mol. The number of fused-ring (bicyclic) bond motifs is 1. The van der Waals surface area contributed by atoms with E-state index in [2.05, 4.69) is 12.1 Å². The SMILES string of the molecule is Cc1ccc(C(=O)/C=C/c2cc(/C=C/c3ccc(Cl)cc3)c3ccccc3n2)cc1. The van der Waals surface area contributed by atoms with Crippen molar-refractivity contribution in [3.63, 3.8) is 0 Å². The molecule has 0 atom stereocenters. The molecule has 0 saturated carbocycles. The zero-order chi connectivity index (χ0) is 20.9. The number of ketones is 1. The summed E-state index contributed by atoms with van der Waals surface area (Å²) in [5.74, 6) is -0.0387. The van der Waals surface area contributed by atoms with Gasteiger partial charge in [0.25, 0.3) is 0 Å². The minimum Gasteiger partial charge on any atom is -0.289 e. The summed E-state index contributed by atoms with van der Waals surface area (Å²) in [5.41, 5.74) is 5.53. The highest BCUT2D eigenvalue weighted by Crippen LogP contribution is 2.22. The molecule has 3 aromatic carbocycles. The highest BCUT2D eigenvalue weighted by atomic mass is 35.5. The van der Waals surface area contributed by atoms with Gasteiger partial charge in [-0.2, -0.15) is 0 Å². The van der Waals surface area contributed by atoms with Crippen molar-refractivity contribution in [2.24, 2.45) is 0 Å². The van der Waals surface area contributed by atoms with Crippen LogP contribution in [0.15, 0.2) is 84.9 Å². The second-order valence-electron chi connectivity index (χ2n) is 7.10. The second kappa shape index (κ2) is 8.89. The van der Waals surface area contributed by atoms with Gasteiger partial charge in [-0.1, -0.05) is 83.9 Å². The van der Waals surface area contributed by atoms with Crippen molar-refractivity contribution in [1.29, 1.82) is 0 Å². The van der Waals surface area contributed by atoms with Crippen molar-refractivity contribution in [2.45, 2.75) is 6.92 Å². The number of para-hydroxylation sites is 1. The Morgan fingerprint density at radius 1 is 0.867 bits per heavy atom. The average molecular weight is 410 g/mol. The van der Waals surface area contributed by atoms with Crippen molar-refractivity contribution in [2.75, 3.05) is 0 Å². The van der Waals surface area contributed by atoms with Crippen LogP contribution < -0.4 is 0 Å². The van der Waals surface area contributed by atoms with E-state index in [1.807, 2.05) is 85.8 Å². The largest absolute Gasteiger partial charge is 0.289 e. The van der Waals surface area contributed by atoms with E-state index in [0.717, 1.165) is 33.3 Å². The van der Waals surface area contributed by atoms with Gasteiger partial charge in [0, 0.05) is 16.0 Å². The maximum absolute atomic E-state index is 12.5. The van der Waals surface area contributed by atoms with Gasteiger partial charge >= 0.3 is 0 Å². The summed E-state index contributed by atoms with van der Waals surface area (Å²) in [6.45, 7) is 2.00. The van der Waals surface area contributed by atoms with Crippen LogP contribution in [0.2, 0.25) is 5.02 Å². The van der Waals surface area contributed by atoms with E-state index in [4.69, 9.17) is 16.6 Å². The van der Waals surface area contributed by atoms with E-state index in [-0.39, 0.29) is 5.78 Å². The van der Waals surface area contributed by atoms with Crippen LogP contribution in [-0.2, 0) is 0 Å². The molecule has 3 heteroatoms. The van der Waals surface area contributed by atoms with Gasteiger partial charge in [0.15, 0.2) is 5.78 Å². The Morgan fingerprint density at radius 3 is 2.37 bits per heavy atom. The Balaban J connectivity index is 1.66. The first-order chi connectivity index (χ1) is 14.6. The molecule has 0 aliphatic rings. The molecule has 0 radical (unpaired) electrons. The number of halogens is 1. The van der Waals surface area contributed by atoms with Gasteiger partial charge in [-0.05, 0) is 54.5 Å². The molecule has 0 aliphatic carbocycles. The lowest BCUT2D eigenvalue weighted by molar-refractivity contribution is 0.104. The fourth-order valence-electron chi connectivity index (χ4n) is 3.18. The Labute approximate surface area is 181 Å². The Hall–Kier alpha value is -3.49. The molecule has 0 N–H and O–H groups in total. The molecule has 0 aliphatic heterocycles. The first kappa shape index (κ1) is 19.8. The van der Waals surface area contributed by atoms with Crippen LogP contribution >= 0.6 is 11.6 Å². The summed E-state index contributed by atoms with van der Waals surface area (Å²) in [6, 6.07) is 25.2. The number of rotatable bonds is 5. The first-order valence-electron chi connectivity index (χ1n) is 9.71. The van der Waals surface area contributed by atoms with Crippen LogP contribution in [0, 0.1) is 6.92 Å². The third kappa shape index (κ3) is 4.73. The second-order valence-corrected chi connectivity index (χ2v) is 7.54. The molecule has 0 unspecified atom stereocenters. The minimum absolute atomic E-state index is 0.0387. The molecular formula is C27H20ClNO. The number of hydrogen-bond acceptors (Lipinski definition) is 2. The number of hydrogen-bond donors (Lipinski definition) is 0. The summed E-state index contributed by atoms with van der Waals surface area (Å²) in [6.07, 6.45) is 7.46. The highest BCUT2D eigenvalue weighted by molar-refractivity contribution is 6.30. The van der Waals surface area contributed by atoms with E-state index in [9.17, 15) is 4.79 Å². The number of allylic oxidation sites excluding steroid dienone is 1. The summed E-state index contributed by atoms with van der Waals surface area (Å²) in [5, 5.41) is 1.77. The van der Waals surface area contributed by atoms with Crippen LogP contribution in [0.1, 0.15) is 32.7 Å². The highest BCUT2D eigenvalue weighted by Gasteiger charge is 2.04. The minimum atomic E-state index is -0.0387. The molecule has 0 fully saturated rings. The molecule has 0 bridgehead atoms. The topological polar surface area (TPSA) is 30.0 Å². The first-order valence-corrected chi connectivity index (χ1v) is 10.1. The van der Waals surface area contributed by atoms with Gasteiger partial charge < -0.3 is 0 Å². The normalized spacial score (nSPS) is 11.5. The molecule has 1 heterocycles. The number of carbonyl (C=O) groups excluding carboxylic acids is 1. The molecule has 4 rings (SSSR count). The van der Waals surface area contributed by atoms with Gasteiger partial charge in [-0.15, -0.1) is 0 Å². The smallest absolute Gasteiger partial charge is 0.185 e. The van der Waals surface area contributed by atoms with Gasteiger partial charge in [0.2, 0.25) is 0 Å². The van der Waals surface area contributed by atoms with Gasteiger partial charge in [-0.3, -0.25) is 4.79 Å². The zero-order valence-corrected chi connectivity index (χ0v) is 17.3. The quantitative estimate of drug-likeness (QED) is 0.256. The molecule has 0 spiro atoms.